The number of rotatable bonds is 8. The van der Waals surface area contributed by atoms with Gasteiger partial charge in [0.2, 0.25) is 17.6 Å². The Morgan fingerprint density at radius 3 is 2.53 bits per heavy atom. The van der Waals surface area contributed by atoms with Crippen LogP contribution in [0.4, 0.5) is 0 Å². The van der Waals surface area contributed by atoms with E-state index in [1.165, 1.54) is 6.92 Å². The molecular formula is C8H18BN3O6P+. The molecule has 11 heteroatoms. The zero-order valence-corrected chi connectivity index (χ0v) is 11.3. The van der Waals surface area contributed by atoms with Gasteiger partial charge < -0.3 is 16.4 Å². The molecule has 0 aliphatic heterocycles. The van der Waals surface area contributed by atoms with Crippen LogP contribution in [0.5, 0.6) is 0 Å². The fraction of sp³-hybridized carbons (Fsp3) is 0.750. The number of hydrogen-bond donors (Lipinski definition) is 6. The largest absolute Gasteiger partial charge is 0.468 e. The molecule has 0 heterocycles. The van der Waals surface area contributed by atoms with Crippen molar-refractivity contribution in [2.45, 2.75) is 31.5 Å². The minimum atomic E-state index is -4.08. The van der Waals surface area contributed by atoms with Gasteiger partial charge in [-0.05, 0) is 18.0 Å². The molecule has 0 aromatic rings. The fourth-order valence-electron chi connectivity index (χ4n) is 1.05. The van der Waals surface area contributed by atoms with Gasteiger partial charge in [-0.15, -0.1) is 0 Å². The van der Waals surface area contributed by atoms with Crippen molar-refractivity contribution in [3.63, 3.8) is 0 Å². The monoisotopic (exact) mass is 294 g/mol. The fourth-order valence-corrected chi connectivity index (χ4v) is 1.50. The van der Waals surface area contributed by atoms with E-state index in [0.29, 0.717) is 0 Å². The first-order chi connectivity index (χ1) is 8.74. The summed E-state index contributed by atoms with van der Waals surface area (Å²) >= 11 is 0. The van der Waals surface area contributed by atoms with Gasteiger partial charge in [0.15, 0.2) is 0 Å². The van der Waals surface area contributed by atoms with Gasteiger partial charge in [0.25, 0.3) is 0 Å². The summed E-state index contributed by atoms with van der Waals surface area (Å²) in [6, 6.07) is -0.807. The van der Waals surface area contributed by atoms with Crippen LogP contribution < -0.4 is 16.4 Å². The van der Waals surface area contributed by atoms with E-state index in [9.17, 15) is 9.59 Å². The Balaban J connectivity index is 4.10. The number of nitrogens with one attached hydrogen (secondary N) is 2. The highest BCUT2D eigenvalue weighted by Crippen LogP contribution is 2.53. The molecule has 0 saturated heterocycles. The standard InChI is InChI=1S/C8H17BN3O6P/c1-5(19(16,17)18-15)12-7(13)4-11-8(14)6(10)2-3-9/h5-6,16-17H,2-4,10H2,1H3,(H2-,11,12,13,14,15)/p+1. The first-order valence-corrected chi connectivity index (χ1v) is 7.12. The molecule has 0 aromatic heterocycles. The smallest absolute Gasteiger partial charge is 0.346 e. The van der Waals surface area contributed by atoms with Gasteiger partial charge in [0, 0.05) is 0 Å². The van der Waals surface area contributed by atoms with Crippen LogP contribution >= 0.6 is 7.94 Å². The van der Waals surface area contributed by atoms with Gasteiger partial charge in [0.05, 0.1) is 20.4 Å². The summed E-state index contributed by atoms with van der Waals surface area (Å²) in [6.45, 7) is 0.830. The first kappa shape index (κ1) is 18.2. The lowest BCUT2D eigenvalue weighted by Gasteiger charge is -2.16. The predicted octanol–water partition coefficient (Wildman–Crippen LogP) is -1.89. The summed E-state index contributed by atoms with van der Waals surface area (Å²) < 4.78 is 3.48. The lowest BCUT2D eigenvalue weighted by Crippen LogP contribution is -2.46. The summed E-state index contributed by atoms with van der Waals surface area (Å²) in [6.07, 6.45) is 0.526. The normalized spacial score (nSPS) is 14.6. The van der Waals surface area contributed by atoms with Gasteiger partial charge in [-0.1, -0.05) is 6.32 Å². The van der Waals surface area contributed by atoms with Gasteiger partial charge >= 0.3 is 7.94 Å². The number of carbonyl (C=O) groups excluding carboxylic acids is 2. The van der Waals surface area contributed by atoms with E-state index in [1.807, 2.05) is 0 Å². The Morgan fingerprint density at radius 1 is 1.47 bits per heavy atom. The molecule has 2 unspecified atom stereocenters. The van der Waals surface area contributed by atoms with Crippen molar-refractivity contribution in [1.82, 2.24) is 10.6 Å². The second-order valence-corrected chi connectivity index (χ2v) is 5.93. The lowest BCUT2D eigenvalue weighted by molar-refractivity contribution is -0.156. The zero-order chi connectivity index (χ0) is 15.1. The maximum absolute atomic E-state index is 11.4. The zero-order valence-electron chi connectivity index (χ0n) is 10.4. The molecule has 9 nitrogen and oxygen atoms in total. The Labute approximate surface area is 112 Å². The molecule has 2 atom stereocenters. The third kappa shape index (κ3) is 6.81. The lowest BCUT2D eigenvalue weighted by atomic mass is 9.98. The highest BCUT2D eigenvalue weighted by Gasteiger charge is 2.45. The van der Waals surface area contributed by atoms with Crippen LogP contribution in [0.3, 0.4) is 0 Å². The summed E-state index contributed by atoms with van der Waals surface area (Å²) in [5.74, 6) is -2.44. The molecule has 0 aliphatic rings. The second-order valence-electron chi connectivity index (χ2n) is 3.82. The van der Waals surface area contributed by atoms with Crippen LogP contribution in [-0.4, -0.2) is 53.1 Å². The molecule has 108 valence electrons. The summed E-state index contributed by atoms with van der Waals surface area (Å²) in [4.78, 5) is 41.0. The number of carbonyl (C=O) groups is 2. The van der Waals surface area contributed by atoms with E-state index >= 15 is 0 Å². The molecule has 0 rings (SSSR count). The third-order valence-corrected chi connectivity index (χ3v) is 3.61. The molecule has 0 aliphatic carbocycles. The Bertz CT molecular complexity index is 319. The highest BCUT2D eigenvalue weighted by atomic mass is 31.2. The van der Waals surface area contributed by atoms with E-state index in [2.05, 4.69) is 15.3 Å². The summed E-state index contributed by atoms with van der Waals surface area (Å²) in [7, 11) is 1.15. The quantitative estimate of drug-likeness (QED) is 0.132. The topological polar surface area (TPSA) is 154 Å². The van der Waals surface area contributed by atoms with Crippen LogP contribution in [-0.2, 0) is 14.3 Å². The van der Waals surface area contributed by atoms with Crippen molar-refractivity contribution < 1.29 is 29.3 Å². The molecule has 0 aromatic carbocycles. The minimum absolute atomic E-state index is 0.244. The number of nitrogens with two attached hydrogens (primary N) is 1. The molecule has 0 saturated carbocycles. The molecule has 2 amide bonds. The molecular weight excluding hydrogens is 276 g/mol. The van der Waals surface area contributed by atoms with Crippen molar-refractivity contribution in [3.8, 4) is 0 Å². The molecule has 0 fully saturated rings. The first-order valence-electron chi connectivity index (χ1n) is 5.44. The van der Waals surface area contributed by atoms with Crippen molar-refractivity contribution in [2.24, 2.45) is 5.73 Å². The van der Waals surface area contributed by atoms with Crippen molar-refractivity contribution in [3.05, 3.63) is 0 Å². The predicted molar refractivity (Wildman–Crippen MR) is 68.8 cm³/mol. The van der Waals surface area contributed by atoms with Gasteiger partial charge in [-0.25, -0.2) is 5.26 Å². The van der Waals surface area contributed by atoms with E-state index in [0.717, 1.165) is 0 Å². The molecule has 0 spiro atoms. The van der Waals surface area contributed by atoms with Crippen LogP contribution in [0.15, 0.2) is 0 Å². The second kappa shape index (κ2) is 8.41. The van der Waals surface area contributed by atoms with Gasteiger partial charge in [-0.2, -0.15) is 9.79 Å². The van der Waals surface area contributed by atoms with Crippen LogP contribution in [0.1, 0.15) is 13.3 Å². The van der Waals surface area contributed by atoms with Crippen LogP contribution in [0.2, 0.25) is 6.32 Å². The van der Waals surface area contributed by atoms with E-state index in [1.54, 1.807) is 0 Å². The Kier molecular flexibility index (Phi) is 8.08. The van der Waals surface area contributed by atoms with E-state index < -0.39 is 38.1 Å². The molecule has 7 N–H and O–H groups in total. The summed E-state index contributed by atoms with van der Waals surface area (Å²) in [5, 5.41) is 12.6. The number of hydrogen-bond acceptors (Lipinski definition) is 7. The molecule has 0 bridgehead atoms. The number of amides is 2. The maximum Gasteiger partial charge on any atom is 0.468 e. The Morgan fingerprint density at radius 2 is 2.05 bits per heavy atom. The van der Waals surface area contributed by atoms with Crippen LogP contribution in [0.25, 0.3) is 0 Å². The molecule has 2 radical (unpaired) electrons. The van der Waals surface area contributed by atoms with Gasteiger partial charge in [0.1, 0.15) is 0 Å². The van der Waals surface area contributed by atoms with E-state index in [4.69, 9.17) is 28.6 Å². The SMILES string of the molecule is [B]CCC(N)C(=O)NCC(=O)NC(C)[P+](O)(O)OO. The van der Waals surface area contributed by atoms with Gasteiger partial charge in [-0.3, -0.25) is 9.59 Å². The summed E-state index contributed by atoms with van der Waals surface area (Å²) in [5.41, 5.74) is 5.45. The van der Waals surface area contributed by atoms with Crippen LogP contribution in [0, 0.1) is 0 Å². The van der Waals surface area contributed by atoms with Crippen molar-refractivity contribution in [2.75, 3.05) is 6.54 Å². The highest BCUT2D eigenvalue weighted by molar-refractivity contribution is 7.60. The average Bonchev–Trinajstić information content (AvgIpc) is 2.35. The Hall–Kier alpha value is -0.765. The molecule has 19 heavy (non-hydrogen) atoms. The maximum atomic E-state index is 11.4. The average molecular weight is 294 g/mol. The third-order valence-electron chi connectivity index (χ3n) is 2.23. The van der Waals surface area contributed by atoms with E-state index in [-0.39, 0.29) is 12.7 Å². The van der Waals surface area contributed by atoms with Crippen molar-refractivity contribution >= 4 is 27.6 Å². The van der Waals surface area contributed by atoms with Crippen molar-refractivity contribution in [1.29, 1.82) is 0 Å². The minimum Gasteiger partial charge on any atom is -0.346 e.